The Bertz CT molecular complexity index is 412. The summed E-state index contributed by atoms with van der Waals surface area (Å²) >= 11 is 0. The van der Waals surface area contributed by atoms with Gasteiger partial charge in [-0.05, 0) is 12.0 Å². The Labute approximate surface area is 111 Å². The largest absolute Gasteiger partial charge is 0.298 e. The van der Waals surface area contributed by atoms with Crippen LogP contribution in [0.5, 0.6) is 0 Å². The Kier molecular flexibility index (Phi) is 5.83. The molecule has 0 bridgehead atoms. The first-order valence-corrected chi connectivity index (χ1v) is 9.96. The van der Waals surface area contributed by atoms with Gasteiger partial charge in [0.1, 0.15) is 6.04 Å². The van der Waals surface area contributed by atoms with Crippen molar-refractivity contribution in [2.24, 2.45) is 0 Å². The molecule has 1 N–H and O–H groups in total. The second-order valence-electron chi connectivity index (χ2n) is 5.48. The molecule has 96 valence electrons. The maximum absolute atomic E-state index is 9.14. The molecule has 0 saturated heterocycles. The molecule has 0 spiro atoms. The van der Waals surface area contributed by atoms with Crippen molar-refractivity contribution in [1.82, 2.24) is 5.32 Å². The molecule has 1 unspecified atom stereocenters. The SMILES string of the molecule is C[Si](C)(C)C=CCCNC(C#N)c1ccccc1. The molecular weight excluding hydrogens is 236 g/mol. The fourth-order valence-corrected chi connectivity index (χ4v) is 2.51. The van der Waals surface area contributed by atoms with E-state index in [1.165, 1.54) is 0 Å². The molecule has 1 aromatic rings. The fourth-order valence-electron chi connectivity index (χ4n) is 1.63. The lowest BCUT2D eigenvalue weighted by atomic mass is 10.1. The van der Waals surface area contributed by atoms with Gasteiger partial charge in [-0.25, -0.2) is 0 Å². The minimum atomic E-state index is -1.08. The molecule has 0 radical (unpaired) electrons. The van der Waals surface area contributed by atoms with Crippen molar-refractivity contribution in [2.45, 2.75) is 32.1 Å². The number of hydrogen-bond donors (Lipinski definition) is 1. The van der Waals surface area contributed by atoms with Gasteiger partial charge in [-0.2, -0.15) is 5.26 Å². The summed E-state index contributed by atoms with van der Waals surface area (Å²) in [4.78, 5) is 0. The smallest absolute Gasteiger partial charge is 0.121 e. The monoisotopic (exact) mass is 258 g/mol. The standard InChI is InChI=1S/C15H22N2Si/c1-18(2,3)12-8-7-11-17-15(13-16)14-9-5-4-6-10-14/h4-6,8-10,12,15,17H,7,11H2,1-3H3. The van der Waals surface area contributed by atoms with Gasteiger partial charge in [0.2, 0.25) is 0 Å². The second-order valence-corrected chi connectivity index (χ2v) is 10.5. The third-order valence-corrected chi connectivity index (χ3v) is 3.78. The van der Waals surface area contributed by atoms with Crippen molar-refractivity contribution in [1.29, 1.82) is 5.26 Å². The summed E-state index contributed by atoms with van der Waals surface area (Å²) in [7, 11) is -1.08. The van der Waals surface area contributed by atoms with E-state index in [0.717, 1.165) is 18.5 Å². The molecule has 18 heavy (non-hydrogen) atoms. The van der Waals surface area contributed by atoms with Crippen LogP contribution >= 0.6 is 0 Å². The molecular formula is C15H22N2Si. The van der Waals surface area contributed by atoms with Gasteiger partial charge in [0.25, 0.3) is 0 Å². The number of rotatable bonds is 6. The zero-order valence-electron chi connectivity index (χ0n) is 11.5. The van der Waals surface area contributed by atoms with Gasteiger partial charge in [0, 0.05) is 6.54 Å². The Balaban J connectivity index is 2.39. The van der Waals surface area contributed by atoms with Crippen molar-refractivity contribution in [3.8, 4) is 6.07 Å². The van der Waals surface area contributed by atoms with E-state index < -0.39 is 8.07 Å². The minimum Gasteiger partial charge on any atom is -0.298 e. The number of hydrogen-bond acceptors (Lipinski definition) is 2. The zero-order chi connectivity index (χ0) is 13.4. The van der Waals surface area contributed by atoms with Crippen LogP contribution in [0.4, 0.5) is 0 Å². The summed E-state index contributed by atoms with van der Waals surface area (Å²) in [5.41, 5.74) is 3.38. The van der Waals surface area contributed by atoms with Gasteiger partial charge >= 0.3 is 0 Å². The molecule has 2 nitrogen and oxygen atoms in total. The molecule has 0 aliphatic carbocycles. The van der Waals surface area contributed by atoms with Gasteiger partial charge in [0.15, 0.2) is 0 Å². The van der Waals surface area contributed by atoms with E-state index in [2.05, 4.69) is 42.8 Å². The third kappa shape index (κ3) is 5.81. The predicted molar refractivity (Wildman–Crippen MR) is 79.9 cm³/mol. The molecule has 0 heterocycles. The van der Waals surface area contributed by atoms with Crippen LogP contribution in [0.15, 0.2) is 42.1 Å². The van der Waals surface area contributed by atoms with Crippen LogP contribution in [0, 0.1) is 11.3 Å². The van der Waals surface area contributed by atoms with E-state index in [1.54, 1.807) is 0 Å². The first-order valence-electron chi connectivity index (χ1n) is 6.38. The molecule has 0 fully saturated rings. The van der Waals surface area contributed by atoms with Crippen LogP contribution in [0.3, 0.4) is 0 Å². The topological polar surface area (TPSA) is 35.8 Å². The van der Waals surface area contributed by atoms with E-state index in [0.29, 0.717) is 0 Å². The lowest BCUT2D eigenvalue weighted by Gasteiger charge is -2.11. The van der Waals surface area contributed by atoms with Crippen molar-refractivity contribution in [3.63, 3.8) is 0 Å². The van der Waals surface area contributed by atoms with Gasteiger partial charge in [-0.1, -0.05) is 61.7 Å². The van der Waals surface area contributed by atoms with E-state index in [9.17, 15) is 0 Å². The van der Waals surface area contributed by atoms with E-state index in [1.807, 2.05) is 30.3 Å². The van der Waals surface area contributed by atoms with Crippen LogP contribution in [0.2, 0.25) is 19.6 Å². The van der Waals surface area contributed by atoms with Crippen LogP contribution in [-0.4, -0.2) is 14.6 Å². The van der Waals surface area contributed by atoms with Crippen molar-refractivity contribution in [3.05, 3.63) is 47.7 Å². The Morgan fingerprint density at radius 1 is 1.28 bits per heavy atom. The van der Waals surface area contributed by atoms with Gasteiger partial charge in [-0.15, -0.1) is 0 Å². The predicted octanol–water partition coefficient (Wildman–Crippen LogP) is 3.66. The zero-order valence-corrected chi connectivity index (χ0v) is 12.5. The number of nitrogens with zero attached hydrogens (tertiary/aromatic N) is 1. The molecule has 0 aliphatic rings. The number of benzene rings is 1. The maximum atomic E-state index is 9.14. The fraction of sp³-hybridized carbons (Fsp3) is 0.400. The molecule has 0 aliphatic heterocycles. The van der Waals surface area contributed by atoms with Crippen LogP contribution in [-0.2, 0) is 0 Å². The summed E-state index contributed by atoms with van der Waals surface area (Å²) in [6.07, 6.45) is 3.22. The highest BCUT2D eigenvalue weighted by molar-refractivity contribution is 6.80. The van der Waals surface area contributed by atoms with Crippen molar-refractivity contribution >= 4 is 8.07 Å². The summed E-state index contributed by atoms with van der Waals surface area (Å²) in [6, 6.07) is 12.0. The molecule has 0 saturated carbocycles. The lowest BCUT2D eigenvalue weighted by Crippen LogP contribution is -2.21. The third-order valence-electron chi connectivity index (χ3n) is 2.54. The lowest BCUT2D eigenvalue weighted by molar-refractivity contribution is 0.635. The average molecular weight is 258 g/mol. The van der Waals surface area contributed by atoms with E-state index in [-0.39, 0.29) is 6.04 Å². The first-order chi connectivity index (χ1) is 8.53. The summed E-state index contributed by atoms with van der Waals surface area (Å²) in [5.74, 6) is 0. The summed E-state index contributed by atoms with van der Waals surface area (Å²) in [6.45, 7) is 7.80. The number of nitrogens with one attached hydrogen (secondary N) is 1. The Morgan fingerprint density at radius 2 is 1.94 bits per heavy atom. The van der Waals surface area contributed by atoms with Crippen LogP contribution < -0.4 is 5.32 Å². The Morgan fingerprint density at radius 3 is 2.50 bits per heavy atom. The molecule has 1 atom stereocenters. The van der Waals surface area contributed by atoms with Crippen LogP contribution in [0.25, 0.3) is 0 Å². The van der Waals surface area contributed by atoms with Crippen molar-refractivity contribution in [2.75, 3.05) is 6.54 Å². The maximum Gasteiger partial charge on any atom is 0.121 e. The highest BCUT2D eigenvalue weighted by Crippen LogP contribution is 2.11. The van der Waals surface area contributed by atoms with E-state index >= 15 is 0 Å². The molecule has 0 amide bonds. The molecule has 3 heteroatoms. The first kappa shape index (κ1) is 14.7. The summed E-state index contributed by atoms with van der Waals surface area (Å²) in [5, 5.41) is 12.4. The molecule has 1 rings (SSSR count). The quantitative estimate of drug-likeness (QED) is 0.624. The summed E-state index contributed by atoms with van der Waals surface area (Å²) < 4.78 is 0. The van der Waals surface area contributed by atoms with Gasteiger partial charge < -0.3 is 0 Å². The highest BCUT2D eigenvalue weighted by atomic mass is 28.3. The van der Waals surface area contributed by atoms with Crippen molar-refractivity contribution < 1.29 is 0 Å². The highest BCUT2D eigenvalue weighted by Gasteiger charge is 2.08. The average Bonchev–Trinajstić information content (AvgIpc) is 2.33. The normalized spacial score (nSPS) is 13.4. The molecule has 0 aromatic heterocycles. The van der Waals surface area contributed by atoms with Gasteiger partial charge in [-0.3, -0.25) is 5.32 Å². The molecule has 1 aromatic carbocycles. The van der Waals surface area contributed by atoms with Gasteiger partial charge in [0.05, 0.1) is 14.1 Å². The second kappa shape index (κ2) is 7.15. The van der Waals surface area contributed by atoms with Crippen LogP contribution in [0.1, 0.15) is 18.0 Å². The Hall–Kier alpha value is -1.37. The minimum absolute atomic E-state index is 0.202. The number of nitriles is 1. The van der Waals surface area contributed by atoms with E-state index in [4.69, 9.17) is 5.26 Å².